The lowest BCUT2D eigenvalue weighted by molar-refractivity contribution is -0.0205. The van der Waals surface area contributed by atoms with Gasteiger partial charge in [0, 0.05) is 17.5 Å². The molecular weight excluding hydrogens is 356 g/mol. The molecule has 0 saturated carbocycles. The van der Waals surface area contributed by atoms with E-state index in [-0.39, 0.29) is 12.3 Å². The summed E-state index contributed by atoms with van der Waals surface area (Å²) < 4.78 is 12.3. The van der Waals surface area contributed by atoms with Gasteiger partial charge in [0.15, 0.2) is 0 Å². The minimum atomic E-state index is -0.302. The first-order valence-corrected chi connectivity index (χ1v) is 10.1. The minimum Gasteiger partial charge on any atom is -0.493 e. The van der Waals surface area contributed by atoms with E-state index in [9.17, 15) is 0 Å². The van der Waals surface area contributed by atoms with E-state index in [4.69, 9.17) is 14.6 Å². The third-order valence-corrected chi connectivity index (χ3v) is 5.72. The van der Waals surface area contributed by atoms with Crippen molar-refractivity contribution >= 4 is 17.0 Å². The number of thiophene rings is 1. The molecule has 5 heteroatoms. The lowest BCUT2D eigenvalue weighted by atomic mass is 9.96. The van der Waals surface area contributed by atoms with Crippen LogP contribution in [-0.2, 0) is 0 Å². The van der Waals surface area contributed by atoms with Gasteiger partial charge in [-0.25, -0.2) is 5.01 Å². The number of hydrogen-bond acceptors (Lipinski definition) is 5. The molecule has 0 bridgehead atoms. The average molecular weight is 376 g/mol. The van der Waals surface area contributed by atoms with E-state index in [1.807, 2.05) is 37.3 Å². The normalized spacial score (nSPS) is 20.5. The largest absolute Gasteiger partial charge is 0.493 e. The Hall–Kier alpha value is -2.79. The van der Waals surface area contributed by atoms with Crippen LogP contribution in [0.4, 0.5) is 0 Å². The predicted octanol–water partition coefficient (Wildman–Crippen LogP) is 5.39. The predicted molar refractivity (Wildman–Crippen MR) is 107 cm³/mol. The fourth-order valence-corrected chi connectivity index (χ4v) is 4.48. The molecule has 4 nitrogen and oxygen atoms in total. The Morgan fingerprint density at radius 3 is 2.74 bits per heavy atom. The Bertz CT molecular complexity index is 983. The van der Waals surface area contributed by atoms with Crippen LogP contribution in [0.25, 0.3) is 0 Å². The zero-order valence-corrected chi connectivity index (χ0v) is 15.9. The van der Waals surface area contributed by atoms with E-state index < -0.39 is 0 Å². The van der Waals surface area contributed by atoms with Crippen LogP contribution in [-0.4, -0.2) is 17.3 Å². The molecule has 1 aromatic heterocycles. The number of benzene rings is 2. The van der Waals surface area contributed by atoms with Crippen LogP contribution in [0.2, 0.25) is 0 Å². The SMILES string of the molecule is CCOc1ccccc1[C@H]1Oc2ccccc2[C@H]2CC(c3ccsc3)=NN21. The molecule has 2 atom stereocenters. The Labute approximate surface area is 162 Å². The van der Waals surface area contributed by atoms with Gasteiger partial charge in [-0.2, -0.15) is 16.4 Å². The van der Waals surface area contributed by atoms with Gasteiger partial charge in [0.1, 0.15) is 11.5 Å². The fourth-order valence-electron chi connectivity index (χ4n) is 3.81. The van der Waals surface area contributed by atoms with Gasteiger partial charge in [0.05, 0.1) is 23.9 Å². The number of fused-ring (bicyclic) bond motifs is 3. The summed E-state index contributed by atoms with van der Waals surface area (Å²) in [4.78, 5) is 0. The minimum absolute atomic E-state index is 0.171. The summed E-state index contributed by atoms with van der Waals surface area (Å²) in [6, 6.07) is 18.7. The molecule has 3 aromatic rings. The maximum Gasteiger partial charge on any atom is 0.217 e. The molecule has 0 N–H and O–H groups in total. The van der Waals surface area contributed by atoms with Gasteiger partial charge in [-0.1, -0.05) is 30.3 Å². The summed E-state index contributed by atoms with van der Waals surface area (Å²) >= 11 is 1.70. The highest BCUT2D eigenvalue weighted by Crippen LogP contribution is 2.48. The van der Waals surface area contributed by atoms with Gasteiger partial charge in [0.25, 0.3) is 0 Å². The van der Waals surface area contributed by atoms with Crippen molar-refractivity contribution in [1.82, 2.24) is 5.01 Å². The molecule has 136 valence electrons. The molecule has 27 heavy (non-hydrogen) atoms. The van der Waals surface area contributed by atoms with E-state index in [2.05, 4.69) is 40.0 Å². The number of ether oxygens (including phenoxy) is 2. The van der Waals surface area contributed by atoms with Crippen molar-refractivity contribution in [2.75, 3.05) is 6.61 Å². The summed E-state index contributed by atoms with van der Waals surface area (Å²) in [6.45, 7) is 2.62. The number of hydrazone groups is 1. The lowest BCUT2D eigenvalue weighted by Crippen LogP contribution is -2.34. The van der Waals surface area contributed by atoms with Crippen molar-refractivity contribution in [2.24, 2.45) is 5.10 Å². The lowest BCUT2D eigenvalue weighted by Gasteiger charge is -2.38. The van der Waals surface area contributed by atoms with Gasteiger partial charge >= 0.3 is 0 Å². The molecule has 0 unspecified atom stereocenters. The summed E-state index contributed by atoms with van der Waals surface area (Å²) in [7, 11) is 0. The van der Waals surface area contributed by atoms with Gasteiger partial charge < -0.3 is 9.47 Å². The maximum atomic E-state index is 6.43. The summed E-state index contributed by atoms with van der Waals surface area (Å²) in [6.07, 6.45) is 0.577. The van der Waals surface area contributed by atoms with Crippen molar-refractivity contribution in [3.63, 3.8) is 0 Å². The third-order valence-electron chi connectivity index (χ3n) is 5.04. The number of rotatable bonds is 4. The number of hydrogen-bond donors (Lipinski definition) is 0. The highest BCUT2D eigenvalue weighted by atomic mass is 32.1. The molecule has 5 rings (SSSR count). The topological polar surface area (TPSA) is 34.1 Å². The van der Waals surface area contributed by atoms with E-state index in [0.717, 1.165) is 29.2 Å². The highest BCUT2D eigenvalue weighted by molar-refractivity contribution is 7.08. The van der Waals surface area contributed by atoms with Gasteiger partial charge in [0.2, 0.25) is 6.23 Å². The second-order valence-electron chi connectivity index (χ2n) is 6.64. The zero-order chi connectivity index (χ0) is 18.2. The van der Waals surface area contributed by atoms with Crippen molar-refractivity contribution in [3.05, 3.63) is 82.0 Å². The third kappa shape index (κ3) is 2.79. The molecule has 0 saturated heterocycles. The van der Waals surface area contributed by atoms with Gasteiger partial charge in [-0.3, -0.25) is 0 Å². The Morgan fingerprint density at radius 2 is 1.93 bits per heavy atom. The van der Waals surface area contributed by atoms with Crippen LogP contribution in [0.3, 0.4) is 0 Å². The van der Waals surface area contributed by atoms with Crippen molar-refractivity contribution in [3.8, 4) is 11.5 Å². The summed E-state index contributed by atoms with van der Waals surface area (Å²) in [5.74, 6) is 1.78. The van der Waals surface area contributed by atoms with Crippen LogP contribution in [0.5, 0.6) is 11.5 Å². The average Bonchev–Trinajstić information content (AvgIpc) is 3.38. The summed E-state index contributed by atoms with van der Waals surface area (Å²) in [5, 5.41) is 11.3. The van der Waals surface area contributed by atoms with Gasteiger partial charge in [-0.05, 0) is 41.9 Å². The standard InChI is InChI=1S/C22H20N2O2S/c1-2-25-20-9-5-4-8-17(20)22-24-19(16-7-3-6-10-21(16)26-22)13-18(23-24)15-11-12-27-14-15/h3-12,14,19,22H,2,13H2,1H3/t19-,22-/m1/s1. The van der Waals surface area contributed by atoms with Gasteiger partial charge in [-0.15, -0.1) is 0 Å². The Balaban J connectivity index is 1.61. The molecule has 0 spiro atoms. The molecule has 0 aliphatic carbocycles. The second-order valence-corrected chi connectivity index (χ2v) is 7.42. The maximum absolute atomic E-state index is 6.43. The quantitative estimate of drug-likeness (QED) is 0.612. The molecular formula is C22H20N2O2S. The van der Waals surface area contributed by atoms with Crippen molar-refractivity contribution < 1.29 is 9.47 Å². The van der Waals surface area contributed by atoms with Crippen LogP contribution < -0.4 is 9.47 Å². The van der Waals surface area contributed by atoms with Crippen LogP contribution in [0, 0.1) is 0 Å². The fraction of sp³-hybridized carbons (Fsp3) is 0.227. The van der Waals surface area contributed by atoms with E-state index in [1.165, 1.54) is 11.1 Å². The molecule has 2 aromatic carbocycles. The monoisotopic (exact) mass is 376 g/mol. The first-order valence-electron chi connectivity index (χ1n) is 9.21. The molecule has 0 radical (unpaired) electrons. The number of para-hydroxylation sites is 2. The highest BCUT2D eigenvalue weighted by Gasteiger charge is 2.41. The first-order chi connectivity index (χ1) is 13.3. The Morgan fingerprint density at radius 1 is 1.11 bits per heavy atom. The smallest absolute Gasteiger partial charge is 0.217 e. The summed E-state index contributed by atoms with van der Waals surface area (Å²) in [5.41, 5.74) is 4.51. The zero-order valence-electron chi connectivity index (χ0n) is 15.0. The van der Waals surface area contributed by atoms with Crippen LogP contribution in [0.1, 0.15) is 42.3 Å². The first kappa shape index (κ1) is 16.4. The van der Waals surface area contributed by atoms with E-state index in [1.54, 1.807) is 11.3 Å². The van der Waals surface area contributed by atoms with E-state index >= 15 is 0 Å². The molecule has 0 amide bonds. The van der Waals surface area contributed by atoms with Crippen molar-refractivity contribution in [2.45, 2.75) is 25.6 Å². The molecule has 0 fully saturated rings. The molecule has 2 aliphatic rings. The number of nitrogens with zero attached hydrogens (tertiary/aromatic N) is 2. The van der Waals surface area contributed by atoms with Crippen molar-refractivity contribution in [1.29, 1.82) is 0 Å². The van der Waals surface area contributed by atoms with E-state index in [0.29, 0.717) is 6.61 Å². The molecule has 2 aliphatic heterocycles. The molecule has 3 heterocycles. The van der Waals surface area contributed by atoms with Crippen LogP contribution in [0.15, 0.2) is 70.5 Å². The van der Waals surface area contributed by atoms with Crippen LogP contribution >= 0.6 is 11.3 Å². The second kappa shape index (κ2) is 6.74. The Kier molecular flexibility index (Phi) is 4.09.